The number of carbonyl (C=O) groups is 1. The number of nitrogens with zero attached hydrogens (tertiary/aromatic N) is 1. The molecule has 0 aromatic carbocycles. The van der Waals surface area contributed by atoms with Crippen LogP contribution in [0.15, 0.2) is 12.2 Å². The number of piperazine rings is 1. The summed E-state index contributed by atoms with van der Waals surface area (Å²) >= 11 is 0. The van der Waals surface area contributed by atoms with Gasteiger partial charge in [-0.05, 0) is 39.2 Å². The zero-order valence-electron chi connectivity index (χ0n) is 21.1. The monoisotopic (exact) mass is 437 g/mol. The Labute approximate surface area is 194 Å². The largest absolute Gasteiger partial charge is 0.370 e. The highest BCUT2D eigenvalue weighted by Gasteiger charge is 2.01. The van der Waals surface area contributed by atoms with Crippen molar-refractivity contribution in [3.8, 4) is 0 Å². The fourth-order valence-corrected chi connectivity index (χ4v) is 3.85. The number of allylic oxidation sites excluding steroid dienone is 2. The summed E-state index contributed by atoms with van der Waals surface area (Å²) in [5, 5.41) is 3.27. The molecule has 184 valence electrons. The van der Waals surface area contributed by atoms with Crippen molar-refractivity contribution in [2.24, 2.45) is 5.73 Å². The van der Waals surface area contributed by atoms with E-state index in [9.17, 15) is 4.79 Å². The molecule has 4 heteroatoms. The SMILES string of the molecule is CCCCCCCC/C=C\CCCCCCCCCCCC(N)=O.CN1CCNCC1. The molecule has 0 saturated carbocycles. The van der Waals surface area contributed by atoms with E-state index in [4.69, 9.17) is 5.73 Å². The summed E-state index contributed by atoms with van der Waals surface area (Å²) in [7, 11) is 2.15. The van der Waals surface area contributed by atoms with Gasteiger partial charge in [0.1, 0.15) is 0 Å². The minimum absolute atomic E-state index is 0.156. The van der Waals surface area contributed by atoms with Crippen molar-refractivity contribution in [1.29, 1.82) is 0 Å². The van der Waals surface area contributed by atoms with Crippen LogP contribution in [0, 0.1) is 0 Å². The van der Waals surface area contributed by atoms with Crippen molar-refractivity contribution in [2.45, 2.75) is 122 Å². The molecule has 1 fully saturated rings. The number of hydrogen-bond donors (Lipinski definition) is 2. The first-order chi connectivity index (χ1) is 15.2. The molecule has 0 spiro atoms. The number of primary amides is 1. The Hall–Kier alpha value is -0.870. The van der Waals surface area contributed by atoms with Crippen LogP contribution in [-0.2, 0) is 4.79 Å². The first-order valence-electron chi connectivity index (χ1n) is 13.5. The lowest BCUT2D eigenvalue weighted by Gasteiger charge is -2.21. The number of rotatable bonds is 19. The van der Waals surface area contributed by atoms with E-state index < -0.39 is 0 Å². The highest BCUT2D eigenvalue weighted by atomic mass is 16.1. The van der Waals surface area contributed by atoms with Gasteiger partial charge in [0, 0.05) is 32.6 Å². The molecule has 1 aliphatic heterocycles. The summed E-state index contributed by atoms with van der Waals surface area (Å²) in [5.74, 6) is -0.156. The second-order valence-electron chi connectivity index (χ2n) is 9.27. The van der Waals surface area contributed by atoms with Crippen molar-refractivity contribution >= 4 is 5.91 Å². The Morgan fingerprint density at radius 3 is 1.55 bits per heavy atom. The maximum Gasteiger partial charge on any atom is 0.217 e. The summed E-state index contributed by atoms with van der Waals surface area (Å²) in [6.07, 6.45) is 27.8. The average molecular weight is 438 g/mol. The maximum atomic E-state index is 10.6. The molecular weight excluding hydrogens is 382 g/mol. The fourth-order valence-electron chi connectivity index (χ4n) is 3.85. The van der Waals surface area contributed by atoms with E-state index in [1.807, 2.05) is 0 Å². The van der Waals surface area contributed by atoms with Crippen LogP contribution in [0.1, 0.15) is 122 Å². The maximum absolute atomic E-state index is 10.6. The minimum atomic E-state index is -0.156. The van der Waals surface area contributed by atoms with E-state index in [0.29, 0.717) is 6.42 Å². The highest BCUT2D eigenvalue weighted by molar-refractivity contribution is 5.73. The zero-order chi connectivity index (χ0) is 22.8. The van der Waals surface area contributed by atoms with Gasteiger partial charge in [0.05, 0.1) is 0 Å². The first kappa shape index (κ1) is 30.1. The minimum Gasteiger partial charge on any atom is -0.370 e. The number of amides is 1. The number of nitrogens with one attached hydrogen (secondary N) is 1. The van der Waals surface area contributed by atoms with Gasteiger partial charge in [-0.1, -0.05) is 96.1 Å². The molecule has 0 aromatic rings. The molecule has 1 amide bonds. The number of carbonyl (C=O) groups excluding carboxylic acids is 1. The molecule has 1 rings (SSSR count). The van der Waals surface area contributed by atoms with Crippen LogP contribution in [0.25, 0.3) is 0 Å². The Morgan fingerprint density at radius 2 is 1.16 bits per heavy atom. The molecular formula is C27H55N3O. The van der Waals surface area contributed by atoms with Crippen molar-refractivity contribution in [2.75, 3.05) is 33.2 Å². The summed E-state index contributed by atoms with van der Waals surface area (Å²) < 4.78 is 0. The second kappa shape index (κ2) is 25.4. The third kappa shape index (κ3) is 27.1. The van der Waals surface area contributed by atoms with E-state index >= 15 is 0 Å². The molecule has 31 heavy (non-hydrogen) atoms. The topological polar surface area (TPSA) is 58.4 Å². The van der Waals surface area contributed by atoms with Gasteiger partial charge in [-0.15, -0.1) is 0 Å². The molecule has 4 nitrogen and oxygen atoms in total. The summed E-state index contributed by atoms with van der Waals surface area (Å²) in [5.41, 5.74) is 5.13. The van der Waals surface area contributed by atoms with Gasteiger partial charge in [-0.2, -0.15) is 0 Å². The van der Waals surface area contributed by atoms with E-state index in [-0.39, 0.29) is 5.91 Å². The van der Waals surface area contributed by atoms with Gasteiger partial charge in [-0.3, -0.25) is 4.79 Å². The molecule has 3 N–H and O–H groups in total. The van der Waals surface area contributed by atoms with Crippen molar-refractivity contribution < 1.29 is 4.79 Å². The standard InChI is InChI=1S/C22H43NO.C5H12N2/c1-2-3-4-5-6-7-8-9-10-11-12-13-14-15-16-17-18-19-20-21-22(23)24;1-7-4-2-6-3-5-7/h9-10H,2-8,11-21H2,1H3,(H2,23,24);6H,2-5H2,1H3/b10-9-;. The molecule has 0 radical (unpaired) electrons. The third-order valence-electron chi connectivity index (χ3n) is 6.03. The fraction of sp³-hybridized carbons (Fsp3) is 0.889. The highest BCUT2D eigenvalue weighted by Crippen LogP contribution is 2.12. The predicted octanol–water partition coefficient (Wildman–Crippen LogP) is 6.59. The van der Waals surface area contributed by atoms with Gasteiger partial charge in [0.15, 0.2) is 0 Å². The molecule has 0 aliphatic carbocycles. The van der Waals surface area contributed by atoms with Crippen molar-refractivity contribution in [3.63, 3.8) is 0 Å². The summed E-state index contributed by atoms with van der Waals surface area (Å²) in [6, 6.07) is 0. The third-order valence-corrected chi connectivity index (χ3v) is 6.03. The van der Waals surface area contributed by atoms with Crippen LogP contribution in [0.4, 0.5) is 0 Å². The molecule has 0 unspecified atom stereocenters. The Morgan fingerprint density at radius 1 is 0.742 bits per heavy atom. The lowest BCUT2D eigenvalue weighted by atomic mass is 10.1. The number of likely N-dealkylation sites (N-methyl/N-ethyl adjacent to an activating group) is 1. The molecule has 0 bridgehead atoms. The summed E-state index contributed by atoms with van der Waals surface area (Å²) in [4.78, 5) is 12.9. The van der Waals surface area contributed by atoms with Gasteiger partial charge in [-0.25, -0.2) is 0 Å². The van der Waals surface area contributed by atoms with Crippen LogP contribution < -0.4 is 11.1 Å². The number of unbranched alkanes of at least 4 members (excludes halogenated alkanes) is 15. The average Bonchev–Trinajstić information content (AvgIpc) is 2.76. The van der Waals surface area contributed by atoms with Crippen LogP contribution in [0.2, 0.25) is 0 Å². The quantitative estimate of drug-likeness (QED) is 0.177. The molecule has 0 aromatic heterocycles. The van der Waals surface area contributed by atoms with Crippen LogP contribution >= 0.6 is 0 Å². The Balaban J connectivity index is 0.00000107. The van der Waals surface area contributed by atoms with Crippen LogP contribution in [0.5, 0.6) is 0 Å². The summed E-state index contributed by atoms with van der Waals surface area (Å²) in [6.45, 7) is 7.02. The van der Waals surface area contributed by atoms with Gasteiger partial charge in [0.25, 0.3) is 0 Å². The van der Waals surface area contributed by atoms with E-state index in [2.05, 4.69) is 36.3 Å². The lowest BCUT2D eigenvalue weighted by Crippen LogP contribution is -2.40. The second-order valence-corrected chi connectivity index (χ2v) is 9.27. The van der Waals surface area contributed by atoms with E-state index in [0.717, 1.165) is 25.9 Å². The van der Waals surface area contributed by atoms with Crippen LogP contribution in [-0.4, -0.2) is 44.0 Å². The molecule has 1 saturated heterocycles. The predicted molar refractivity (Wildman–Crippen MR) is 137 cm³/mol. The Kier molecular flexibility index (Phi) is 24.7. The molecule has 0 atom stereocenters. The normalized spacial score (nSPS) is 14.5. The van der Waals surface area contributed by atoms with Crippen molar-refractivity contribution in [1.82, 2.24) is 10.2 Å². The van der Waals surface area contributed by atoms with E-state index in [1.165, 1.54) is 109 Å². The smallest absolute Gasteiger partial charge is 0.217 e. The van der Waals surface area contributed by atoms with Crippen LogP contribution in [0.3, 0.4) is 0 Å². The number of nitrogens with two attached hydrogens (primary N) is 1. The lowest BCUT2D eigenvalue weighted by molar-refractivity contribution is -0.118. The van der Waals surface area contributed by atoms with E-state index in [1.54, 1.807) is 0 Å². The van der Waals surface area contributed by atoms with Gasteiger partial charge in [0.2, 0.25) is 5.91 Å². The van der Waals surface area contributed by atoms with Crippen molar-refractivity contribution in [3.05, 3.63) is 12.2 Å². The zero-order valence-corrected chi connectivity index (χ0v) is 21.1. The Bertz CT molecular complexity index is 392. The van der Waals surface area contributed by atoms with Gasteiger partial charge >= 0.3 is 0 Å². The molecule has 1 aliphatic rings. The van der Waals surface area contributed by atoms with Gasteiger partial charge < -0.3 is 16.0 Å². The molecule has 1 heterocycles. The first-order valence-corrected chi connectivity index (χ1v) is 13.5. The number of hydrogen-bond acceptors (Lipinski definition) is 3.